The highest BCUT2D eigenvalue weighted by Gasteiger charge is 2.25. The topological polar surface area (TPSA) is 69.8 Å². The lowest BCUT2D eigenvalue weighted by Gasteiger charge is -2.18. The van der Waals surface area contributed by atoms with Gasteiger partial charge in [0.15, 0.2) is 18.1 Å². The lowest BCUT2D eigenvalue weighted by Crippen LogP contribution is -2.22. The summed E-state index contributed by atoms with van der Waals surface area (Å²) in [6.07, 6.45) is 3.70. The number of H-pyrrole nitrogens is 2. The van der Waals surface area contributed by atoms with Gasteiger partial charge >= 0.3 is 0 Å². The van der Waals surface area contributed by atoms with E-state index in [0.717, 1.165) is 33.6 Å². The van der Waals surface area contributed by atoms with Crippen molar-refractivity contribution in [3.05, 3.63) is 90.4 Å². The fraction of sp³-hybridized carbons (Fsp3) is 0.130. The van der Waals surface area contributed by atoms with Crippen LogP contribution in [0.15, 0.2) is 79.1 Å². The maximum atomic E-state index is 11.0. The van der Waals surface area contributed by atoms with Crippen LogP contribution in [0.5, 0.6) is 11.5 Å². The van der Waals surface area contributed by atoms with E-state index in [9.17, 15) is 5.11 Å². The Morgan fingerprint density at radius 3 is 2.50 bits per heavy atom. The summed E-state index contributed by atoms with van der Waals surface area (Å²) in [5.74, 6) is 1.07. The van der Waals surface area contributed by atoms with E-state index < -0.39 is 0 Å². The third kappa shape index (κ3) is 3.60. The van der Waals surface area contributed by atoms with Crippen molar-refractivity contribution in [2.45, 2.75) is 13.0 Å². The summed E-state index contributed by atoms with van der Waals surface area (Å²) >= 11 is 0. The highest BCUT2D eigenvalue weighted by Crippen LogP contribution is 2.34. The SMILES string of the molecule is CCOc1ccc(NC(c2cccc[nH+]2)c2ccc3ccc[nH+]c3c2O)cc1. The Morgan fingerprint density at radius 1 is 0.929 bits per heavy atom. The zero-order chi connectivity index (χ0) is 19.3. The maximum absolute atomic E-state index is 11.0. The third-order valence-corrected chi connectivity index (χ3v) is 4.67. The number of rotatable bonds is 6. The quantitative estimate of drug-likeness (QED) is 0.540. The molecule has 4 N–H and O–H groups in total. The van der Waals surface area contributed by atoms with Gasteiger partial charge in [-0.1, -0.05) is 12.1 Å². The average molecular weight is 373 g/mol. The molecule has 2 aromatic carbocycles. The number of phenolic OH excluding ortho intramolecular Hbond substituents is 1. The molecule has 0 radical (unpaired) electrons. The van der Waals surface area contributed by atoms with Gasteiger partial charge in [0.1, 0.15) is 11.8 Å². The molecule has 2 heterocycles. The molecule has 4 aromatic rings. The first-order valence-electron chi connectivity index (χ1n) is 9.34. The molecular weight excluding hydrogens is 350 g/mol. The Balaban J connectivity index is 1.75. The summed E-state index contributed by atoms with van der Waals surface area (Å²) in [6, 6.07) is 21.3. The zero-order valence-electron chi connectivity index (χ0n) is 15.6. The summed E-state index contributed by atoms with van der Waals surface area (Å²) in [6.45, 7) is 2.60. The Morgan fingerprint density at radius 2 is 1.75 bits per heavy atom. The van der Waals surface area contributed by atoms with Crippen LogP contribution < -0.4 is 20.0 Å². The maximum Gasteiger partial charge on any atom is 0.253 e. The number of nitrogens with one attached hydrogen (secondary N) is 3. The first-order chi connectivity index (χ1) is 13.8. The van der Waals surface area contributed by atoms with Crippen molar-refractivity contribution < 1.29 is 19.8 Å². The van der Waals surface area contributed by atoms with E-state index in [4.69, 9.17) is 4.74 Å². The number of phenols is 1. The van der Waals surface area contributed by atoms with E-state index >= 15 is 0 Å². The second-order valence-electron chi connectivity index (χ2n) is 6.49. The van der Waals surface area contributed by atoms with Gasteiger partial charge in [0.05, 0.1) is 12.0 Å². The van der Waals surface area contributed by atoms with Crippen molar-refractivity contribution in [3.8, 4) is 11.5 Å². The van der Waals surface area contributed by atoms with Gasteiger partial charge in [-0.2, -0.15) is 0 Å². The fourth-order valence-electron chi connectivity index (χ4n) is 3.32. The van der Waals surface area contributed by atoms with E-state index in [0.29, 0.717) is 6.61 Å². The molecule has 5 nitrogen and oxygen atoms in total. The monoisotopic (exact) mass is 373 g/mol. The van der Waals surface area contributed by atoms with Crippen LogP contribution in [0, 0.1) is 0 Å². The van der Waals surface area contributed by atoms with Gasteiger partial charge < -0.3 is 15.2 Å². The molecule has 0 aliphatic carbocycles. The Labute approximate surface area is 163 Å². The van der Waals surface area contributed by atoms with E-state index in [1.807, 2.05) is 86.0 Å². The van der Waals surface area contributed by atoms with Crippen molar-refractivity contribution in [2.75, 3.05) is 11.9 Å². The molecule has 2 aromatic heterocycles. The molecule has 0 aliphatic heterocycles. The number of fused-ring (bicyclic) bond motifs is 1. The van der Waals surface area contributed by atoms with Crippen molar-refractivity contribution in [3.63, 3.8) is 0 Å². The number of ether oxygens (including phenoxy) is 1. The molecule has 0 amide bonds. The van der Waals surface area contributed by atoms with Crippen molar-refractivity contribution >= 4 is 16.6 Å². The van der Waals surface area contributed by atoms with Gasteiger partial charge in [-0.25, -0.2) is 9.97 Å². The number of benzene rings is 2. The Bertz CT molecular complexity index is 1070. The van der Waals surface area contributed by atoms with Crippen LogP contribution in [0.25, 0.3) is 10.9 Å². The molecular formula is C23H23N3O2+2. The molecule has 0 fully saturated rings. The van der Waals surface area contributed by atoms with Crippen molar-refractivity contribution in [1.29, 1.82) is 0 Å². The number of anilines is 1. The molecule has 1 atom stereocenters. The van der Waals surface area contributed by atoms with Crippen LogP contribution in [-0.2, 0) is 0 Å². The van der Waals surface area contributed by atoms with Crippen LogP contribution in [0.2, 0.25) is 0 Å². The highest BCUT2D eigenvalue weighted by molar-refractivity contribution is 5.83. The molecule has 5 heteroatoms. The van der Waals surface area contributed by atoms with Crippen LogP contribution >= 0.6 is 0 Å². The summed E-state index contributed by atoms with van der Waals surface area (Å²) in [5.41, 5.74) is 3.38. The number of aromatic amines is 2. The van der Waals surface area contributed by atoms with Crippen LogP contribution in [0.3, 0.4) is 0 Å². The van der Waals surface area contributed by atoms with Gasteiger partial charge in [0, 0.05) is 29.4 Å². The Kier molecular flexibility index (Phi) is 5.06. The summed E-state index contributed by atoms with van der Waals surface area (Å²) in [4.78, 5) is 6.43. The highest BCUT2D eigenvalue weighted by atomic mass is 16.5. The van der Waals surface area contributed by atoms with E-state index in [-0.39, 0.29) is 11.8 Å². The second kappa shape index (κ2) is 7.96. The lowest BCUT2D eigenvalue weighted by atomic mass is 9.99. The summed E-state index contributed by atoms with van der Waals surface area (Å²) in [7, 11) is 0. The molecule has 0 bridgehead atoms. The molecule has 140 valence electrons. The number of hydrogen-bond acceptors (Lipinski definition) is 3. The van der Waals surface area contributed by atoms with Crippen molar-refractivity contribution in [1.82, 2.24) is 0 Å². The first-order valence-corrected chi connectivity index (χ1v) is 9.34. The van der Waals surface area contributed by atoms with Crippen molar-refractivity contribution in [2.24, 2.45) is 0 Å². The number of pyridine rings is 2. The smallest absolute Gasteiger partial charge is 0.253 e. The Hall–Kier alpha value is -3.60. The van der Waals surface area contributed by atoms with Gasteiger partial charge in [0.25, 0.3) is 5.52 Å². The molecule has 4 rings (SSSR count). The molecule has 0 spiro atoms. The van der Waals surface area contributed by atoms with Crippen LogP contribution in [0.1, 0.15) is 24.2 Å². The number of aromatic hydroxyl groups is 1. The van der Waals surface area contributed by atoms with Crippen LogP contribution in [-0.4, -0.2) is 11.7 Å². The van der Waals surface area contributed by atoms with E-state index in [2.05, 4.69) is 15.3 Å². The summed E-state index contributed by atoms with van der Waals surface area (Å²) < 4.78 is 5.52. The standard InChI is InChI=1S/C23H21N3O2/c1-2-28-18-11-9-17(10-12-18)26-22(20-7-3-4-14-24-20)19-13-8-16-6-5-15-25-21(16)23(19)27/h3-15,22,26-27H,2H2,1H3/p+2. The molecule has 28 heavy (non-hydrogen) atoms. The average Bonchev–Trinajstić information content (AvgIpc) is 2.75. The van der Waals surface area contributed by atoms with Gasteiger partial charge in [0.2, 0.25) is 5.69 Å². The van der Waals surface area contributed by atoms with Gasteiger partial charge in [-0.05, 0) is 43.3 Å². The fourth-order valence-corrected chi connectivity index (χ4v) is 3.32. The van der Waals surface area contributed by atoms with Crippen LogP contribution in [0.4, 0.5) is 5.69 Å². The first kappa shape index (κ1) is 17.8. The lowest BCUT2D eigenvalue weighted by molar-refractivity contribution is -0.391. The van der Waals surface area contributed by atoms with Gasteiger partial charge in [-0.15, -0.1) is 0 Å². The largest absolute Gasteiger partial charge is 0.502 e. The zero-order valence-corrected chi connectivity index (χ0v) is 15.6. The van der Waals surface area contributed by atoms with Gasteiger partial charge in [-0.3, -0.25) is 0 Å². The van der Waals surface area contributed by atoms with E-state index in [1.54, 1.807) is 0 Å². The normalized spacial score (nSPS) is 11.9. The third-order valence-electron chi connectivity index (χ3n) is 4.67. The predicted octanol–water partition coefficient (Wildman–Crippen LogP) is 3.77. The minimum atomic E-state index is -0.253. The molecule has 0 saturated carbocycles. The minimum absolute atomic E-state index is 0.235. The predicted molar refractivity (Wildman–Crippen MR) is 108 cm³/mol. The molecule has 0 aliphatic rings. The minimum Gasteiger partial charge on any atom is -0.502 e. The van der Waals surface area contributed by atoms with E-state index in [1.165, 1.54) is 0 Å². The second-order valence-corrected chi connectivity index (χ2v) is 6.49. The molecule has 1 unspecified atom stereocenters. The molecule has 0 saturated heterocycles. The number of aromatic nitrogens is 2. The summed E-state index contributed by atoms with van der Waals surface area (Å²) in [5, 5.41) is 15.5. The number of hydrogen-bond donors (Lipinski definition) is 2.